The zero-order valence-electron chi connectivity index (χ0n) is 9.58. The van der Waals surface area contributed by atoms with Gasteiger partial charge >= 0.3 is 0 Å². The Kier molecular flexibility index (Phi) is 4.09. The van der Waals surface area contributed by atoms with Crippen LogP contribution in [0.3, 0.4) is 0 Å². The molecule has 1 saturated carbocycles. The lowest BCUT2D eigenvalue weighted by Gasteiger charge is -2.26. The monoisotopic (exact) mass is 227 g/mol. The maximum absolute atomic E-state index is 11.3. The third-order valence-electron chi connectivity index (χ3n) is 3.78. The van der Waals surface area contributed by atoms with Crippen LogP contribution in [0.2, 0.25) is 0 Å². The van der Waals surface area contributed by atoms with E-state index in [1.807, 2.05) is 11.8 Å². The number of carbonyl (C=O) groups is 1. The fraction of sp³-hybridized carbons (Fsp3) is 0.917. The van der Waals surface area contributed by atoms with Crippen LogP contribution in [0.15, 0.2) is 0 Å². The zero-order valence-corrected chi connectivity index (χ0v) is 10.4. The van der Waals surface area contributed by atoms with E-state index in [1.54, 1.807) is 0 Å². The van der Waals surface area contributed by atoms with Gasteiger partial charge in [0.25, 0.3) is 0 Å². The molecule has 0 aromatic heterocycles. The largest absolute Gasteiger partial charge is 0.300 e. The molecule has 1 aliphatic carbocycles. The predicted octanol–water partition coefficient (Wildman–Crippen LogP) is 2.33. The van der Waals surface area contributed by atoms with Crippen LogP contribution in [0, 0.1) is 0 Å². The van der Waals surface area contributed by atoms with E-state index < -0.39 is 0 Å². The normalized spacial score (nSPS) is 34.3. The molecule has 1 aliphatic heterocycles. The summed E-state index contributed by atoms with van der Waals surface area (Å²) in [7, 11) is 0. The fourth-order valence-corrected chi connectivity index (χ4v) is 3.54. The van der Waals surface area contributed by atoms with Gasteiger partial charge in [-0.2, -0.15) is 11.8 Å². The van der Waals surface area contributed by atoms with Gasteiger partial charge in [-0.15, -0.1) is 0 Å². The summed E-state index contributed by atoms with van der Waals surface area (Å²) in [5.41, 5.74) is 0. The van der Waals surface area contributed by atoms with Gasteiger partial charge in [-0.25, -0.2) is 0 Å². The lowest BCUT2D eigenvalue weighted by atomic mass is 10.2. The van der Waals surface area contributed by atoms with Crippen molar-refractivity contribution in [1.82, 2.24) is 4.90 Å². The summed E-state index contributed by atoms with van der Waals surface area (Å²) in [6.45, 7) is 2.43. The molecule has 2 atom stereocenters. The molecule has 0 N–H and O–H groups in total. The molecule has 0 bridgehead atoms. The van der Waals surface area contributed by atoms with E-state index in [0.717, 1.165) is 24.5 Å². The van der Waals surface area contributed by atoms with Gasteiger partial charge in [0.05, 0.1) is 0 Å². The van der Waals surface area contributed by atoms with Crippen LogP contribution in [-0.4, -0.2) is 41.3 Å². The van der Waals surface area contributed by atoms with Gasteiger partial charge in [-0.1, -0.05) is 0 Å². The molecule has 0 spiro atoms. The molecule has 0 amide bonds. The molecule has 1 heterocycles. The third-order valence-corrected chi connectivity index (χ3v) is 4.92. The van der Waals surface area contributed by atoms with E-state index in [4.69, 9.17) is 0 Å². The Bertz CT molecular complexity index is 232. The molecule has 3 heteroatoms. The van der Waals surface area contributed by atoms with E-state index in [-0.39, 0.29) is 0 Å². The molecule has 2 fully saturated rings. The Labute approximate surface area is 96.8 Å². The van der Waals surface area contributed by atoms with Gasteiger partial charge in [0.2, 0.25) is 0 Å². The van der Waals surface area contributed by atoms with Crippen molar-refractivity contribution in [2.45, 2.75) is 49.8 Å². The van der Waals surface area contributed by atoms with Crippen molar-refractivity contribution >= 4 is 17.5 Å². The van der Waals surface area contributed by atoms with E-state index in [9.17, 15) is 4.79 Å². The number of hydrogen-bond donors (Lipinski definition) is 0. The lowest BCUT2D eigenvalue weighted by molar-refractivity contribution is -0.117. The number of hydrogen-bond acceptors (Lipinski definition) is 3. The van der Waals surface area contributed by atoms with Gasteiger partial charge < -0.3 is 0 Å². The Hall–Kier alpha value is -0.0200. The minimum absolute atomic E-state index is 0.477. The van der Waals surface area contributed by atoms with Crippen LogP contribution >= 0.6 is 11.8 Å². The first-order valence-electron chi connectivity index (χ1n) is 6.08. The second-order valence-corrected chi connectivity index (χ2v) is 5.90. The van der Waals surface area contributed by atoms with Crippen LogP contribution in [0.4, 0.5) is 0 Å². The molecule has 1 saturated heterocycles. The van der Waals surface area contributed by atoms with Gasteiger partial charge in [-0.05, 0) is 45.0 Å². The van der Waals surface area contributed by atoms with E-state index in [0.29, 0.717) is 11.8 Å². The number of nitrogens with zero attached hydrogens (tertiary/aromatic N) is 1. The van der Waals surface area contributed by atoms with Crippen LogP contribution < -0.4 is 0 Å². The number of thioether (sulfide) groups is 1. The topological polar surface area (TPSA) is 20.3 Å². The predicted molar refractivity (Wildman–Crippen MR) is 65.4 cm³/mol. The van der Waals surface area contributed by atoms with Crippen molar-refractivity contribution in [2.75, 3.05) is 19.3 Å². The lowest BCUT2D eigenvalue weighted by Crippen LogP contribution is -2.34. The summed E-state index contributed by atoms with van der Waals surface area (Å²) >= 11 is 2.01. The summed E-state index contributed by atoms with van der Waals surface area (Å²) in [5, 5.41) is 0.854. The standard InChI is InChI=1S/C12H21NOS/c1-15-12-3-2-7-13(8-6-12)10-4-5-11(14)9-10/h10,12H,2-9H2,1H3. The molecule has 0 aromatic carbocycles. The molecule has 0 aromatic rings. The summed E-state index contributed by atoms with van der Waals surface area (Å²) in [5.74, 6) is 0.477. The molecule has 2 unspecified atom stereocenters. The second-order valence-electron chi connectivity index (χ2n) is 4.76. The Morgan fingerprint density at radius 3 is 2.80 bits per heavy atom. The molecule has 2 rings (SSSR count). The number of ketones is 1. The number of Topliss-reactive ketones (excluding diaryl/α,β-unsaturated/α-hetero) is 1. The molecule has 15 heavy (non-hydrogen) atoms. The van der Waals surface area contributed by atoms with E-state index in [2.05, 4.69) is 11.2 Å². The molecule has 86 valence electrons. The van der Waals surface area contributed by atoms with Crippen molar-refractivity contribution in [1.29, 1.82) is 0 Å². The van der Waals surface area contributed by atoms with E-state index >= 15 is 0 Å². The Morgan fingerprint density at radius 2 is 2.13 bits per heavy atom. The van der Waals surface area contributed by atoms with Gasteiger partial charge in [-0.3, -0.25) is 9.69 Å². The first-order chi connectivity index (χ1) is 7.29. The highest BCUT2D eigenvalue weighted by Crippen LogP contribution is 2.26. The summed E-state index contributed by atoms with van der Waals surface area (Å²) < 4.78 is 0. The van der Waals surface area contributed by atoms with Gasteiger partial charge in [0.1, 0.15) is 5.78 Å². The Balaban J connectivity index is 1.85. The molecular weight excluding hydrogens is 206 g/mol. The second kappa shape index (κ2) is 5.35. The van der Waals surface area contributed by atoms with Crippen molar-refractivity contribution in [3.05, 3.63) is 0 Å². The minimum Gasteiger partial charge on any atom is -0.300 e. The summed E-state index contributed by atoms with van der Waals surface area (Å²) in [6, 6.07) is 0.582. The third kappa shape index (κ3) is 2.97. The Morgan fingerprint density at radius 1 is 1.27 bits per heavy atom. The number of likely N-dealkylation sites (tertiary alicyclic amines) is 1. The minimum atomic E-state index is 0.477. The fourth-order valence-electron chi connectivity index (χ4n) is 2.80. The van der Waals surface area contributed by atoms with Crippen molar-refractivity contribution in [3.8, 4) is 0 Å². The highest BCUT2D eigenvalue weighted by Gasteiger charge is 2.28. The smallest absolute Gasteiger partial charge is 0.134 e. The van der Waals surface area contributed by atoms with E-state index in [1.165, 1.54) is 32.4 Å². The average molecular weight is 227 g/mol. The van der Waals surface area contributed by atoms with Crippen LogP contribution in [-0.2, 0) is 4.79 Å². The highest BCUT2D eigenvalue weighted by atomic mass is 32.2. The van der Waals surface area contributed by atoms with Crippen LogP contribution in [0.25, 0.3) is 0 Å². The molecule has 2 nitrogen and oxygen atoms in total. The quantitative estimate of drug-likeness (QED) is 0.722. The van der Waals surface area contributed by atoms with Crippen molar-refractivity contribution in [2.24, 2.45) is 0 Å². The van der Waals surface area contributed by atoms with Crippen LogP contribution in [0.5, 0.6) is 0 Å². The summed E-state index contributed by atoms with van der Waals surface area (Å²) in [4.78, 5) is 13.8. The number of carbonyl (C=O) groups excluding carboxylic acids is 1. The number of rotatable bonds is 2. The SMILES string of the molecule is CSC1CCCN(C2CCC(=O)C2)CC1. The average Bonchev–Trinajstić information content (AvgIpc) is 2.54. The molecule has 0 radical (unpaired) electrons. The first-order valence-corrected chi connectivity index (χ1v) is 7.37. The van der Waals surface area contributed by atoms with Gasteiger partial charge in [0.15, 0.2) is 0 Å². The molecule has 2 aliphatic rings. The zero-order chi connectivity index (χ0) is 10.7. The highest BCUT2D eigenvalue weighted by molar-refractivity contribution is 7.99. The molecular formula is C12H21NOS. The first kappa shape index (κ1) is 11.5. The maximum atomic E-state index is 11.3. The van der Waals surface area contributed by atoms with Crippen LogP contribution in [0.1, 0.15) is 38.5 Å². The summed E-state index contributed by atoms with van der Waals surface area (Å²) in [6.07, 6.45) is 8.97. The van der Waals surface area contributed by atoms with Gasteiger partial charge in [0, 0.05) is 24.1 Å². The maximum Gasteiger partial charge on any atom is 0.134 e. The van der Waals surface area contributed by atoms with Crippen molar-refractivity contribution < 1.29 is 4.79 Å². The van der Waals surface area contributed by atoms with Crippen molar-refractivity contribution in [3.63, 3.8) is 0 Å².